The molecule has 0 fully saturated rings. The predicted molar refractivity (Wildman–Crippen MR) is 118 cm³/mol. The van der Waals surface area contributed by atoms with E-state index < -0.39 is 0 Å². The Morgan fingerprint density at radius 3 is 2.15 bits per heavy atom. The summed E-state index contributed by atoms with van der Waals surface area (Å²) in [4.78, 5) is 0. The predicted octanol–water partition coefficient (Wildman–Crippen LogP) is 7.03. The van der Waals surface area contributed by atoms with Crippen molar-refractivity contribution in [1.82, 2.24) is 0 Å². The zero-order valence-corrected chi connectivity index (χ0v) is 16.9. The van der Waals surface area contributed by atoms with Crippen molar-refractivity contribution in [2.24, 2.45) is 5.10 Å². The second-order valence-corrected chi connectivity index (χ2v) is 7.79. The Balaban J connectivity index is 1.97. The van der Waals surface area contributed by atoms with Crippen LogP contribution in [0.5, 0.6) is 0 Å². The van der Waals surface area contributed by atoms with Gasteiger partial charge in [0.15, 0.2) is 0 Å². The number of allylic oxidation sites excluding steroid dienone is 4. The summed E-state index contributed by atoms with van der Waals surface area (Å²) in [5.74, 6) is 0.895. The van der Waals surface area contributed by atoms with Crippen LogP contribution in [0.15, 0.2) is 77.4 Å². The average Bonchev–Trinajstić information content (AvgIpc) is 3.18. The minimum Gasteiger partial charge on any atom is -0.278 e. The minimum absolute atomic E-state index is 0.448. The lowest BCUT2D eigenvalue weighted by atomic mass is 9.93. The van der Waals surface area contributed by atoms with E-state index in [1.807, 2.05) is 0 Å². The van der Waals surface area contributed by atoms with E-state index in [-0.39, 0.29) is 0 Å². The molecule has 27 heavy (non-hydrogen) atoms. The van der Waals surface area contributed by atoms with E-state index >= 15 is 0 Å². The van der Waals surface area contributed by atoms with E-state index in [1.54, 1.807) is 0 Å². The SMILES string of the molecule is CC(C)c1cccc(C(C)C)c1NN=C(CC1=CC=CC1)c1ccccc1. The van der Waals surface area contributed by atoms with Gasteiger partial charge in [0.1, 0.15) is 0 Å². The molecule has 0 heterocycles. The van der Waals surface area contributed by atoms with Crippen molar-refractivity contribution in [3.8, 4) is 0 Å². The first-order valence-electron chi connectivity index (χ1n) is 9.91. The first kappa shape index (κ1) is 19.2. The maximum Gasteiger partial charge on any atom is 0.0720 e. The molecular weight excluding hydrogens is 328 g/mol. The lowest BCUT2D eigenvalue weighted by Gasteiger charge is -2.19. The topological polar surface area (TPSA) is 24.4 Å². The Morgan fingerprint density at radius 2 is 1.59 bits per heavy atom. The molecule has 0 atom stereocenters. The van der Waals surface area contributed by atoms with Gasteiger partial charge in [0.2, 0.25) is 0 Å². The third-order valence-electron chi connectivity index (χ3n) is 5.03. The van der Waals surface area contributed by atoms with Gasteiger partial charge in [-0.2, -0.15) is 5.10 Å². The molecule has 1 aliphatic carbocycles. The quantitative estimate of drug-likeness (QED) is 0.417. The summed E-state index contributed by atoms with van der Waals surface area (Å²) < 4.78 is 0. The van der Waals surface area contributed by atoms with Gasteiger partial charge >= 0.3 is 0 Å². The fraction of sp³-hybridized carbons (Fsp3) is 0.320. The molecule has 0 saturated heterocycles. The lowest BCUT2D eigenvalue weighted by Crippen LogP contribution is -2.09. The third-order valence-corrected chi connectivity index (χ3v) is 5.03. The number of hydrogen-bond donors (Lipinski definition) is 1. The minimum atomic E-state index is 0.448. The summed E-state index contributed by atoms with van der Waals surface area (Å²) >= 11 is 0. The Morgan fingerprint density at radius 1 is 0.926 bits per heavy atom. The average molecular weight is 359 g/mol. The Kier molecular flexibility index (Phi) is 6.28. The summed E-state index contributed by atoms with van der Waals surface area (Å²) in [7, 11) is 0. The van der Waals surface area contributed by atoms with E-state index in [2.05, 4.69) is 99.9 Å². The van der Waals surface area contributed by atoms with E-state index in [0.717, 1.165) is 24.2 Å². The third kappa shape index (κ3) is 4.77. The van der Waals surface area contributed by atoms with Gasteiger partial charge in [-0.25, -0.2) is 0 Å². The van der Waals surface area contributed by atoms with Crippen molar-refractivity contribution < 1.29 is 0 Å². The highest BCUT2D eigenvalue weighted by atomic mass is 15.3. The van der Waals surface area contributed by atoms with Gasteiger partial charge in [0, 0.05) is 6.42 Å². The van der Waals surface area contributed by atoms with Gasteiger partial charge in [0.05, 0.1) is 11.4 Å². The summed E-state index contributed by atoms with van der Waals surface area (Å²) in [5, 5.41) is 4.91. The van der Waals surface area contributed by atoms with Crippen molar-refractivity contribution in [3.05, 3.63) is 89.0 Å². The van der Waals surface area contributed by atoms with E-state index in [4.69, 9.17) is 5.10 Å². The molecule has 2 aromatic carbocycles. The van der Waals surface area contributed by atoms with Gasteiger partial charge in [-0.05, 0) is 34.9 Å². The number of hydrogen-bond acceptors (Lipinski definition) is 2. The van der Waals surface area contributed by atoms with Crippen molar-refractivity contribution in [2.45, 2.75) is 52.4 Å². The molecule has 0 bridgehead atoms. The molecule has 1 N–H and O–H groups in total. The maximum atomic E-state index is 4.91. The van der Waals surface area contributed by atoms with Gasteiger partial charge in [0.25, 0.3) is 0 Å². The van der Waals surface area contributed by atoms with Crippen LogP contribution < -0.4 is 5.43 Å². The molecule has 2 nitrogen and oxygen atoms in total. The van der Waals surface area contributed by atoms with Crippen molar-refractivity contribution >= 4 is 11.4 Å². The monoisotopic (exact) mass is 358 g/mol. The summed E-state index contributed by atoms with van der Waals surface area (Å²) in [6.07, 6.45) is 8.43. The molecule has 0 aliphatic heterocycles. The molecule has 0 saturated carbocycles. The fourth-order valence-electron chi connectivity index (χ4n) is 3.48. The largest absolute Gasteiger partial charge is 0.278 e. The molecular formula is C25H30N2. The second kappa shape index (κ2) is 8.85. The summed E-state index contributed by atoms with van der Waals surface area (Å²) in [5.41, 5.74) is 10.9. The molecule has 0 amide bonds. The molecule has 0 unspecified atom stereocenters. The molecule has 2 aromatic rings. The number of hydrazone groups is 1. The van der Waals surface area contributed by atoms with Crippen molar-refractivity contribution in [1.29, 1.82) is 0 Å². The number of nitrogens with zero attached hydrogens (tertiary/aromatic N) is 1. The van der Waals surface area contributed by atoms with Crippen LogP contribution in [0.4, 0.5) is 5.69 Å². The fourth-order valence-corrected chi connectivity index (χ4v) is 3.48. The van der Waals surface area contributed by atoms with Crippen LogP contribution in [0.2, 0.25) is 0 Å². The first-order valence-corrected chi connectivity index (χ1v) is 9.91. The zero-order valence-electron chi connectivity index (χ0n) is 16.9. The van der Waals surface area contributed by atoms with Crippen LogP contribution in [0.25, 0.3) is 0 Å². The summed E-state index contributed by atoms with van der Waals surface area (Å²) in [6, 6.07) is 17.1. The highest BCUT2D eigenvalue weighted by Gasteiger charge is 2.14. The van der Waals surface area contributed by atoms with Crippen LogP contribution in [-0.4, -0.2) is 5.71 Å². The molecule has 3 rings (SSSR count). The number of para-hydroxylation sites is 1. The summed E-state index contributed by atoms with van der Waals surface area (Å²) in [6.45, 7) is 8.95. The molecule has 140 valence electrons. The van der Waals surface area contributed by atoms with E-state index in [1.165, 1.54) is 22.3 Å². The number of benzene rings is 2. The maximum absolute atomic E-state index is 4.91. The number of nitrogens with one attached hydrogen (secondary N) is 1. The first-order chi connectivity index (χ1) is 13.1. The van der Waals surface area contributed by atoms with Crippen LogP contribution >= 0.6 is 0 Å². The zero-order chi connectivity index (χ0) is 19.2. The normalized spacial score (nSPS) is 14.1. The standard InChI is InChI=1S/C25H30N2/c1-18(2)22-15-10-16-23(19(3)4)25(22)27-26-24(17-20-11-8-9-12-20)21-13-6-5-7-14-21/h5-11,13-16,18-19,27H,12,17H2,1-4H3. The van der Waals surface area contributed by atoms with Crippen LogP contribution in [-0.2, 0) is 0 Å². The van der Waals surface area contributed by atoms with Crippen LogP contribution in [0.3, 0.4) is 0 Å². The van der Waals surface area contributed by atoms with Gasteiger partial charge < -0.3 is 0 Å². The molecule has 1 aliphatic rings. The molecule has 0 aromatic heterocycles. The van der Waals surface area contributed by atoms with E-state index in [0.29, 0.717) is 11.8 Å². The van der Waals surface area contributed by atoms with Gasteiger partial charge in [-0.15, -0.1) is 0 Å². The van der Waals surface area contributed by atoms with Gasteiger partial charge in [-0.3, -0.25) is 5.43 Å². The second-order valence-electron chi connectivity index (χ2n) is 7.79. The van der Waals surface area contributed by atoms with Gasteiger partial charge in [-0.1, -0.05) is 100 Å². The van der Waals surface area contributed by atoms with Crippen molar-refractivity contribution in [2.75, 3.05) is 5.43 Å². The molecule has 2 heteroatoms. The highest BCUT2D eigenvalue weighted by Crippen LogP contribution is 2.32. The Hall–Kier alpha value is -2.61. The van der Waals surface area contributed by atoms with Crippen LogP contribution in [0, 0.1) is 0 Å². The molecule has 0 radical (unpaired) electrons. The highest BCUT2D eigenvalue weighted by molar-refractivity contribution is 6.02. The smallest absolute Gasteiger partial charge is 0.0720 e. The van der Waals surface area contributed by atoms with E-state index in [9.17, 15) is 0 Å². The Labute approximate surface area is 163 Å². The number of anilines is 1. The lowest BCUT2D eigenvalue weighted by molar-refractivity contribution is 0.835. The molecule has 0 spiro atoms. The van der Waals surface area contributed by atoms with Crippen LogP contribution in [0.1, 0.15) is 69.1 Å². The Bertz CT molecular complexity index is 829. The number of rotatable bonds is 7. The van der Waals surface area contributed by atoms with Crippen molar-refractivity contribution in [3.63, 3.8) is 0 Å².